The Labute approximate surface area is 182 Å². The second-order valence-corrected chi connectivity index (χ2v) is 7.56. The third-order valence-electron chi connectivity index (χ3n) is 5.29. The van der Waals surface area contributed by atoms with Crippen molar-refractivity contribution in [2.45, 2.75) is 39.8 Å². The van der Waals surface area contributed by atoms with Gasteiger partial charge in [0.1, 0.15) is 0 Å². The smallest absolute Gasteiger partial charge is 0.191 e. The molecule has 0 aromatic heterocycles. The minimum Gasteiger partial charge on any atom is -0.379 e. The summed E-state index contributed by atoms with van der Waals surface area (Å²) in [5.41, 5.74) is 0. The predicted octanol–water partition coefficient (Wildman–Crippen LogP) is 1.24. The molecule has 0 saturated carbocycles. The van der Waals surface area contributed by atoms with Crippen LogP contribution >= 0.6 is 24.0 Å². The quantitative estimate of drug-likeness (QED) is 0.299. The summed E-state index contributed by atoms with van der Waals surface area (Å²) in [5.74, 6) is 1.52. The zero-order valence-electron chi connectivity index (χ0n) is 17.6. The molecule has 2 fully saturated rings. The van der Waals surface area contributed by atoms with Crippen molar-refractivity contribution in [3.63, 3.8) is 0 Å². The van der Waals surface area contributed by atoms with E-state index in [9.17, 15) is 0 Å². The lowest BCUT2D eigenvalue weighted by Crippen LogP contribution is -2.52. The van der Waals surface area contributed by atoms with Gasteiger partial charge >= 0.3 is 0 Å². The van der Waals surface area contributed by atoms with Crippen LogP contribution in [0, 0.1) is 5.92 Å². The SMILES string of the molecule is CCNC(=NCC(C)N1CCOCC1)NCC(C(C)C)N1CCOCC1.I. The Hall–Kier alpha value is -0.160. The minimum atomic E-state index is 0. The molecule has 2 heterocycles. The van der Waals surface area contributed by atoms with Crippen LogP contribution in [0.5, 0.6) is 0 Å². The van der Waals surface area contributed by atoms with E-state index in [1.165, 1.54) is 0 Å². The summed E-state index contributed by atoms with van der Waals surface area (Å²) in [6.07, 6.45) is 0. The molecule has 2 aliphatic rings. The molecule has 2 atom stereocenters. The van der Waals surface area contributed by atoms with Crippen molar-refractivity contribution in [3.8, 4) is 0 Å². The highest BCUT2D eigenvalue weighted by molar-refractivity contribution is 14.0. The summed E-state index contributed by atoms with van der Waals surface area (Å²) in [7, 11) is 0. The predicted molar refractivity (Wildman–Crippen MR) is 122 cm³/mol. The molecular weight excluding hydrogens is 457 g/mol. The van der Waals surface area contributed by atoms with Gasteiger partial charge < -0.3 is 20.1 Å². The van der Waals surface area contributed by atoms with E-state index in [-0.39, 0.29) is 24.0 Å². The van der Waals surface area contributed by atoms with Gasteiger partial charge in [-0.15, -0.1) is 24.0 Å². The number of rotatable bonds is 8. The molecular formula is C19H40IN5O2. The van der Waals surface area contributed by atoms with Crippen LogP contribution < -0.4 is 10.6 Å². The molecule has 0 aliphatic carbocycles. The van der Waals surface area contributed by atoms with Crippen molar-refractivity contribution in [2.75, 3.05) is 72.2 Å². The number of aliphatic imine (C=N–C) groups is 1. The number of nitrogens with one attached hydrogen (secondary N) is 2. The van der Waals surface area contributed by atoms with Crippen LogP contribution in [0.15, 0.2) is 4.99 Å². The molecule has 2 unspecified atom stereocenters. The Morgan fingerprint density at radius 3 is 2.00 bits per heavy atom. The van der Waals surface area contributed by atoms with Crippen LogP contribution in [0.2, 0.25) is 0 Å². The summed E-state index contributed by atoms with van der Waals surface area (Å²) >= 11 is 0. The molecule has 0 aromatic rings. The van der Waals surface area contributed by atoms with Crippen LogP contribution in [-0.4, -0.2) is 100 Å². The maximum absolute atomic E-state index is 5.50. The molecule has 0 bridgehead atoms. The molecule has 0 spiro atoms. The molecule has 2 rings (SSSR count). The van der Waals surface area contributed by atoms with Crippen molar-refractivity contribution in [1.29, 1.82) is 0 Å². The molecule has 2 aliphatic heterocycles. The molecule has 0 radical (unpaired) electrons. The first kappa shape index (κ1) is 24.9. The average Bonchev–Trinajstić information content (AvgIpc) is 2.67. The lowest BCUT2D eigenvalue weighted by molar-refractivity contribution is 0.00751. The van der Waals surface area contributed by atoms with Gasteiger partial charge in [0.15, 0.2) is 5.96 Å². The third-order valence-corrected chi connectivity index (χ3v) is 5.29. The Morgan fingerprint density at radius 1 is 0.926 bits per heavy atom. The first-order valence-electron chi connectivity index (χ1n) is 10.3. The number of guanidine groups is 1. The largest absolute Gasteiger partial charge is 0.379 e. The average molecular weight is 497 g/mol. The number of hydrogen-bond donors (Lipinski definition) is 2. The Morgan fingerprint density at radius 2 is 1.48 bits per heavy atom. The second-order valence-electron chi connectivity index (χ2n) is 7.56. The van der Waals surface area contributed by atoms with Crippen molar-refractivity contribution >= 4 is 29.9 Å². The van der Waals surface area contributed by atoms with Crippen LogP contribution in [-0.2, 0) is 9.47 Å². The van der Waals surface area contributed by atoms with Crippen LogP contribution in [0.4, 0.5) is 0 Å². The maximum Gasteiger partial charge on any atom is 0.191 e. The summed E-state index contributed by atoms with van der Waals surface area (Å²) in [6.45, 7) is 19.0. The zero-order chi connectivity index (χ0) is 18.8. The van der Waals surface area contributed by atoms with Gasteiger partial charge in [0.25, 0.3) is 0 Å². The number of morpholine rings is 2. The first-order chi connectivity index (χ1) is 12.6. The number of halogens is 1. The Kier molecular flexibility index (Phi) is 12.8. The van der Waals surface area contributed by atoms with E-state index in [0.29, 0.717) is 18.0 Å². The van der Waals surface area contributed by atoms with Crippen LogP contribution in [0.25, 0.3) is 0 Å². The van der Waals surface area contributed by atoms with E-state index in [4.69, 9.17) is 14.5 Å². The van der Waals surface area contributed by atoms with E-state index >= 15 is 0 Å². The topological polar surface area (TPSA) is 61.4 Å². The first-order valence-corrected chi connectivity index (χ1v) is 10.3. The molecule has 160 valence electrons. The van der Waals surface area contributed by atoms with Crippen molar-refractivity contribution in [2.24, 2.45) is 10.9 Å². The highest BCUT2D eigenvalue weighted by atomic mass is 127. The highest BCUT2D eigenvalue weighted by Crippen LogP contribution is 2.12. The fraction of sp³-hybridized carbons (Fsp3) is 0.947. The third kappa shape index (κ3) is 8.81. The van der Waals surface area contributed by atoms with Gasteiger partial charge in [-0.25, -0.2) is 0 Å². The summed E-state index contributed by atoms with van der Waals surface area (Å²) in [6, 6.07) is 0.939. The Balaban J connectivity index is 0.00000364. The number of nitrogens with zero attached hydrogens (tertiary/aromatic N) is 3. The van der Waals surface area contributed by atoms with Gasteiger partial charge in [-0.05, 0) is 19.8 Å². The monoisotopic (exact) mass is 497 g/mol. The second kappa shape index (κ2) is 13.9. The molecule has 7 nitrogen and oxygen atoms in total. The number of hydrogen-bond acceptors (Lipinski definition) is 5. The van der Waals surface area contributed by atoms with Gasteiger partial charge in [-0.2, -0.15) is 0 Å². The fourth-order valence-corrected chi connectivity index (χ4v) is 3.60. The van der Waals surface area contributed by atoms with E-state index in [1.54, 1.807) is 0 Å². The van der Waals surface area contributed by atoms with Crippen LogP contribution in [0.3, 0.4) is 0 Å². The van der Waals surface area contributed by atoms with Gasteiger partial charge in [-0.1, -0.05) is 13.8 Å². The molecule has 2 N–H and O–H groups in total. The van der Waals surface area contributed by atoms with Crippen LogP contribution in [0.1, 0.15) is 27.7 Å². The van der Waals surface area contributed by atoms with E-state index in [2.05, 4.69) is 48.1 Å². The van der Waals surface area contributed by atoms with Crippen molar-refractivity contribution in [3.05, 3.63) is 0 Å². The normalized spacial score (nSPS) is 22.2. The number of ether oxygens (including phenoxy) is 2. The maximum atomic E-state index is 5.50. The van der Waals surface area contributed by atoms with E-state index < -0.39 is 0 Å². The summed E-state index contributed by atoms with van der Waals surface area (Å²) < 4.78 is 10.9. The van der Waals surface area contributed by atoms with Crippen molar-refractivity contribution < 1.29 is 9.47 Å². The fourth-order valence-electron chi connectivity index (χ4n) is 3.60. The lowest BCUT2D eigenvalue weighted by Gasteiger charge is -2.37. The van der Waals surface area contributed by atoms with E-state index in [0.717, 1.165) is 78.2 Å². The summed E-state index contributed by atoms with van der Waals surface area (Å²) in [5, 5.41) is 6.96. The minimum absolute atomic E-state index is 0. The Bertz CT molecular complexity index is 413. The molecule has 0 amide bonds. The zero-order valence-corrected chi connectivity index (χ0v) is 19.9. The standard InChI is InChI=1S/C19H39N5O2.HI/c1-5-20-19(21-14-17(4)23-6-10-25-11-7-23)22-15-18(16(2)3)24-8-12-26-13-9-24;/h16-18H,5-15H2,1-4H3,(H2,20,21,22);1H. The molecule has 27 heavy (non-hydrogen) atoms. The van der Waals surface area contributed by atoms with E-state index in [1.807, 2.05) is 0 Å². The molecule has 0 aromatic carbocycles. The summed E-state index contributed by atoms with van der Waals surface area (Å²) in [4.78, 5) is 9.84. The highest BCUT2D eigenvalue weighted by Gasteiger charge is 2.24. The molecule has 2 saturated heterocycles. The van der Waals surface area contributed by atoms with Gasteiger partial charge in [0.2, 0.25) is 0 Å². The van der Waals surface area contributed by atoms with Gasteiger partial charge in [0.05, 0.1) is 33.0 Å². The molecule has 8 heteroatoms. The van der Waals surface area contributed by atoms with Gasteiger partial charge in [0, 0.05) is 51.4 Å². The lowest BCUT2D eigenvalue weighted by atomic mass is 10.0. The van der Waals surface area contributed by atoms with Gasteiger partial charge in [-0.3, -0.25) is 14.8 Å². The van der Waals surface area contributed by atoms with Crippen molar-refractivity contribution in [1.82, 2.24) is 20.4 Å².